The van der Waals surface area contributed by atoms with Gasteiger partial charge in [-0.05, 0) is 46.6 Å². The molecule has 0 aliphatic heterocycles. The number of H-pyrrole nitrogens is 1. The number of carboxylic acid groups (broad SMARTS) is 1. The molecule has 0 atom stereocenters. The van der Waals surface area contributed by atoms with Crippen molar-refractivity contribution in [1.82, 2.24) is 4.98 Å². The number of benzene rings is 1. The van der Waals surface area contributed by atoms with Crippen LogP contribution in [0.3, 0.4) is 0 Å². The Bertz CT molecular complexity index is 649. The summed E-state index contributed by atoms with van der Waals surface area (Å²) in [5.74, 6) is -1.34. The van der Waals surface area contributed by atoms with Crippen molar-refractivity contribution in [3.8, 4) is 0 Å². The zero-order chi connectivity index (χ0) is 14.0. The topological polar surface area (TPSA) is 82.2 Å². The lowest BCUT2D eigenvalue weighted by atomic mass is 10.1. The number of carbonyl (C=O) groups is 2. The van der Waals surface area contributed by atoms with E-state index in [1.165, 1.54) is 6.07 Å². The average Bonchev–Trinajstić information content (AvgIpc) is 2.78. The molecular weight excluding hydrogens is 312 g/mol. The minimum Gasteiger partial charge on any atom is -0.478 e. The lowest BCUT2D eigenvalue weighted by molar-refractivity contribution is 0.0695. The zero-order valence-corrected chi connectivity index (χ0v) is 11.6. The van der Waals surface area contributed by atoms with Crippen molar-refractivity contribution in [3.63, 3.8) is 0 Å². The highest BCUT2D eigenvalue weighted by Gasteiger charge is 2.13. The van der Waals surface area contributed by atoms with Gasteiger partial charge in [0.2, 0.25) is 0 Å². The number of aromatic nitrogens is 1. The van der Waals surface area contributed by atoms with E-state index in [2.05, 4.69) is 26.2 Å². The van der Waals surface area contributed by atoms with E-state index in [-0.39, 0.29) is 11.5 Å². The maximum atomic E-state index is 12.0. The molecule has 2 rings (SSSR count). The Morgan fingerprint density at radius 2 is 2.11 bits per heavy atom. The molecule has 19 heavy (non-hydrogen) atoms. The van der Waals surface area contributed by atoms with Gasteiger partial charge < -0.3 is 15.4 Å². The molecule has 0 bridgehead atoms. The smallest absolute Gasteiger partial charge is 0.336 e. The molecule has 1 heterocycles. The summed E-state index contributed by atoms with van der Waals surface area (Å²) < 4.78 is 0.772. The number of carbonyl (C=O) groups excluding carboxylic acids is 1. The first-order valence-corrected chi connectivity index (χ1v) is 6.26. The lowest BCUT2D eigenvalue weighted by Crippen LogP contribution is -2.14. The summed E-state index contributed by atoms with van der Waals surface area (Å²) in [7, 11) is 0. The normalized spacial score (nSPS) is 10.2. The number of carboxylic acids is 1. The van der Waals surface area contributed by atoms with Gasteiger partial charge in [0.1, 0.15) is 5.69 Å². The van der Waals surface area contributed by atoms with Crippen LogP contribution < -0.4 is 5.32 Å². The molecule has 6 heteroatoms. The largest absolute Gasteiger partial charge is 0.478 e. The van der Waals surface area contributed by atoms with Crippen molar-refractivity contribution in [1.29, 1.82) is 0 Å². The average molecular weight is 323 g/mol. The highest BCUT2D eigenvalue weighted by Crippen LogP contribution is 2.20. The molecule has 0 saturated heterocycles. The molecule has 5 nitrogen and oxygen atoms in total. The van der Waals surface area contributed by atoms with E-state index in [9.17, 15) is 9.59 Å². The van der Waals surface area contributed by atoms with Gasteiger partial charge in [-0.2, -0.15) is 0 Å². The molecule has 0 unspecified atom stereocenters. The van der Waals surface area contributed by atoms with Gasteiger partial charge in [-0.15, -0.1) is 0 Å². The molecule has 2 aromatic rings. The van der Waals surface area contributed by atoms with Crippen molar-refractivity contribution in [2.45, 2.75) is 6.92 Å². The minimum atomic E-state index is -1.02. The first-order chi connectivity index (χ1) is 8.99. The number of nitrogens with one attached hydrogen (secondary N) is 2. The molecule has 0 saturated carbocycles. The molecule has 98 valence electrons. The highest BCUT2D eigenvalue weighted by molar-refractivity contribution is 9.10. The second kappa shape index (κ2) is 5.27. The Morgan fingerprint density at radius 3 is 2.68 bits per heavy atom. The third-order valence-electron chi connectivity index (χ3n) is 2.70. The molecule has 0 aliphatic rings. The summed E-state index contributed by atoms with van der Waals surface area (Å²) in [4.78, 5) is 25.8. The van der Waals surface area contributed by atoms with Gasteiger partial charge in [0.15, 0.2) is 0 Å². The SMILES string of the molecule is Cc1c(NC(=O)c2cc(Br)c[nH]2)cccc1C(=O)O. The summed E-state index contributed by atoms with van der Waals surface area (Å²) in [5, 5.41) is 11.7. The quantitative estimate of drug-likeness (QED) is 0.812. The van der Waals surface area contributed by atoms with Crippen molar-refractivity contribution >= 4 is 33.5 Å². The number of rotatable bonds is 3. The molecule has 3 N–H and O–H groups in total. The summed E-state index contributed by atoms with van der Waals surface area (Å²) in [6.45, 7) is 1.66. The predicted octanol–water partition coefficient (Wildman–Crippen LogP) is 3.04. The number of aromatic amines is 1. The molecule has 1 amide bonds. The van der Waals surface area contributed by atoms with Gasteiger partial charge >= 0.3 is 5.97 Å². The fourth-order valence-electron chi connectivity index (χ4n) is 1.69. The van der Waals surface area contributed by atoms with E-state index in [0.717, 1.165) is 4.47 Å². The van der Waals surface area contributed by atoms with Gasteiger partial charge in [-0.3, -0.25) is 4.79 Å². The second-order valence-electron chi connectivity index (χ2n) is 3.97. The number of hydrogen-bond acceptors (Lipinski definition) is 2. The van der Waals surface area contributed by atoms with Gasteiger partial charge in [-0.1, -0.05) is 6.07 Å². The van der Waals surface area contributed by atoms with Crippen LogP contribution >= 0.6 is 15.9 Å². The summed E-state index contributed by atoms with van der Waals surface area (Å²) in [5.41, 5.74) is 1.57. The number of anilines is 1. The van der Waals surface area contributed by atoms with Crippen molar-refractivity contribution in [2.24, 2.45) is 0 Å². The monoisotopic (exact) mass is 322 g/mol. The van der Waals surface area contributed by atoms with Crippen molar-refractivity contribution in [2.75, 3.05) is 5.32 Å². The van der Waals surface area contributed by atoms with Crippen LogP contribution in [0, 0.1) is 6.92 Å². The van der Waals surface area contributed by atoms with Crippen LogP contribution in [0.1, 0.15) is 26.4 Å². The van der Waals surface area contributed by atoms with Gasteiger partial charge in [0.25, 0.3) is 5.91 Å². The van der Waals surface area contributed by atoms with Gasteiger partial charge in [0, 0.05) is 16.4 Å². The molecule has 1 aromatic heterocycles. The number of halogens is 1. The maximum Gasteiger partial charge on any atom is 0.336 e. The maximum absolute atomic E-state index is 12.0. The standard InChI is InChI=1S/C13H11BrN2O3/c1-7-9(13(18)19)3-2-4-10(7)16-12(17)11-5-8(14)6-15-11/h2-6,15H,1H3,(H,16,17)(H,18,19). The Labute approximate surface area is 117 Å². The molecule has 0 aliphatic carbocycles. The van der Waals surface area contributed by atoms with E-state index >= 15 is 0 Å². The van der Waals surface area contributed by atoms with E-state index in [1.54, 1.807) is 31.3 Å². The number of amides is 1. The summed E-state index contributed by atoms with van der Waals surface area (Å²) >= 11 is 3.24. The van der Waals surface area contributed by atoms with Crippen LogP contribution in [0.4, 0.5) is 5.69 Å². The Balaban J connectivity index is 2.27. The van der Waals surface area contributed by atoms with Crippen LogP contribution in [0.25, 0.3) is 0 Å². The lowest BCUT2D eigenvalue weighted by Gasteiger charge is -2.09. The Kier molecular flexibility index (Phi) is 3.71. The van der Waals surface area contributed by atoms with Crippen molar-refractivity contribution in [3.05, 3.63) is 51.8 Å². The third-order valence-corrected chi connectivity index (χ3v) is 3.16. The Hall–Kier alpha value is -2.08. The van der Waals surface area contributed by atoms with E-state index < -0.39 is 5.97 Å². The van der Waals surface area contributed by atoms with E-state index in [0.29, 0.717) is 16.9 Å². The van der Waals surface area contributed by atoms with Crippen LogP contribution in [-0.4, -0.2) is 22.0 Å². The highest BCUT2D eigenvalue weighted by atomic mass is 79.9. The molecule has 0 spiro atoms. The predicted molar refractivity (Wildman–Crippen MR) is 74.6 cm³/mol. The third kappa shape index (κ3) is 2.85. The van der Waals surface area contributed by atoms with Crippen LogP contribution in [0.2, 0.25) is 0 Å². The summed E-state index contributed by atoms with van der Waals surface area (Å²) in [6, 6.07) is 6.40. The minimum absolute atomic E-state index is 0.172. The Morgan fingerprint density at radius 1 is 1.37 bits per heavy atom. The van der Waals surface area contributed by atoms with Crippen LogP contribution in [0.5, 0.6) is 0 Å². The number of hydrogen-bond donors (Lipinski definition) is 3. The second-order valence-corrected chi connectivity index (χ2v) is 4.88. The molecule has 0 radical (unpaired) electrons. The van der Waals surface area contributed by atoms with E-state index in [1.807, 2.05) is 0 Å². The molecule has 0 fully saturated rings. The first-order valence-electron chi connectivity index (χ1n) is 5.47. The van der Waals surface area contributed by atoms with Gasteiger partial charge in [0.05, 0.1) is 5.56 Å². The molecular formula is C13H11BrN2O3. The van der Waals surface area contributed by atoms with E-state index in [4.69, 9.17) is 5.11 Å². The summed E-state index contributed by atoms with van der Waals surface area (Å²) in [6.07, 6.45) is 1.65. The van der Waals surface area contributed by atoms with Crippen LogP contribution in [0.15, 0.2) is 34.9 Å². The number of aromatic carboxylic acids is 1. The zero-order valence-electron chi connectivity index (χ0n) is 10.0. The molecule has 1 aromatic carbocycles. The van der Waals surface area contributed by atoms with Gasteiger partial charge in [-0.25, -0.2) is 4.79 Å². The fraction of sp³-hybridized carbons (Fsp3) is 0.0769. The fourth-order valence-corrected chi connectivity index (χ4v) is 2.03. The first kappa shape index (κ1) is 13.4. The van der Waals surface area contributed by atoms with Crippen molar-refractivity contribution < 1.29 is 14.7 Å². The van der Waals surface area contributed by atoms with Crippen LogP contribution in [-0.2, 0) is 0 Å².